The minimum atomic E-state index is 0.0371. The lowest BCUT2D eigenvalue weighted by Crippen LogP contribution is -2.44. The smallest absolute Gasteiger partial charge is 0.284 e. The Labute approximate surface area is 204 Å². The number of hydrogen-bond donors (Lipinski definition) is 0. The van der Waals surface area contributed by atoms with Gasteiger partial charge in [-0.3, -0.25) is 9.59 Å². The molecule has 0 radical (unpaired) electrons. The van der Waals surface area contributed by atoms with E-state index < -0.39 is 0 Å². The van der Waals surface area contributed by atoms with Crippen LogP contribution < -0.4 is 5.56 Å². The van der Waals surface area contributed by atoms with E-state index in [4.69, 9.17) is 0 Å². The predicted molar refractivity (Wildman–Crippen MR) is 136 cm³/mol. The third kappa shape index (κ3) is 3.38. The number of carbonyl (C=O) groups is 1. The molecule has 34 heavy (non-hydrogen) atoms. The van der Waals surface area contributed by atoms with Crippen molar-refractivity contribution in [2.24, 2.45) is 0 Å². The fourth-order valence-corrected chi connectivity index (χ4v) is 7.91. The van der Waals surface area contributed by atoms with E-state index in [-0.39, 0.29) is 23.6 Å². The first kappa shape index (κ1) is 22.1. The average molecular weight is 479 g/mol. The van der Waals surface area contributed by atoms with Crippen molar-refractivity contribution < 1.29 is 4.79 Å². The lowest BCUT2D eigenvalue weighted by molar-refractivity contribution is 0.0655. The zero-order valence-corrected chi connectivity index (χ0v) is 21.3. The maximum Gasteiger partial charge on any atom is 0.284 e. The average Bonchev–Trinajstić information content (AvgIpc) is 3.40. The fraction of sp³-hybridized carbons (Fsp3) is 0.593. The minimum Gasteiger partial charge on any atom is -0.348 e. The maximum absolute atomic E-state index is 13.5. The number of rotatable bonds is 4. The molecule has 0 bridgehead atoms. The Morgan fingerprint density at radius 1 is 1.09 bits per heavy atom. The zero-order chi connectivity index (χ0) is 23.6. The Morgan fingerprint density at radius 3 is 2.76 bits per heavy atom. The summed E-state index contributed by atoms with van der Waals surface area (Å²) >= 11 is 1.68. The number of carbonyl (C=O) groups excluding carboxylic acids is 1. The van der Waals surface area contributed by atoms with Gasteiger partial charge in [-0.05, 0) is 83.3 Å². The summed E-state index contributed by atoms with van der Waals surface area (Å²) in [7, 11) is 0. The van der Waals surface area contributed by atoms with Crippen LogP contribution in [-0.2, 0) is 25.8 Å². The topological polar surface area (TPSA) is 60.1 Å². The van der Waals surface area contributed by atoms with Gasteiger partial charge in [-0.25, -0.2) is 4.68 Å². The Hall–Kier alpha value is -2.41. The molecule has 1 aliphatic carbocycles. The van der Waals surface area contributed by atoms with E-state index in [1.54, 1.807) is 16.0 Å². The Kier molecular flexibility index (Phi) is 5.43. The predicted octanol–water partition coefficient (Wildman–Crippen LogP) is 5.07. The molecular formula is C27H34N4O2S. The fourth-order valence-electron chi connectivity index (χ4n) is 6.51. The SMILES string of the molecule is CC(CC1CCCc2c1sc1c(=O)n(C(C)C)ncc21)N1CCc2c(cc3n2CCCC3)C1=O. The molecule has 0 saturated carbocycles. The Morgan fingerprint density at radius 2 is 1.94 bits per heavy atom. The van der Waals surface area contributed by atoms with Crippen molar-refractivity contribution in [1.82, 2.24) is 19.2 Å². The van der Waals surface area contributed by atoms with Crippen LogP contribution in [0.1, 0.15) is 97.0 Å². The highest BCUT2D eigenvalue weighted by molar-refractivity contribution is 7.19. The highest BCUT2D eigenvalue weighted by Crippen LogP contribution is 2.43. The number of aryl methyl sites for hydroxylation is 2. The molecule has 2 unspecified atom stereocenters. The van der Waals surface area contributed by atoms with Gasteiger partial charge in [0.1, 0.15) is 4.70 Å². The Balaban J connectivity index is 1.27. The lowest BCUT2D eigenvalue weighted by Gasteiger charge is -2.36. The highest BCUT2D eigenvalue weighted by Gasteiger charge is 2.34. The van der Waals surface area contributed by atoms with E-state index in [2.05, 4.69) is 27.6 Å². The molecule has 0 fully saturated rings. The second kappa shape index (κ2) is 8.36. The molecule has 3 aromatic rings. The molecular weight excluding hydrogens is 444 g/mol. The second-order valence-electron chi connectivity index (χ2n) is 10.7. The molecule has 0 saturated heterocycles. The normalized spacial score (nSPS) is 21.0. The molecule has 6 nitrogen and oxygen atoms in total. The molecule has 7 heteroatoms. The molecule has 3 aliphatic rings. The van der Waals surface area contributed by atoms with Gasteiger partial charge in [0.2, 0.25) is 0 Å². The van der Waals surface area contributed by atoms with Gasteiger partial charge in [0, 0.05) is 47.2 Å². The van der Waals surface area contributed by atoms with E-state index in [1.807, 2.05) is 20.0 Å². The van der Waals surface area contributed by atoms with Gasteiger partial charge in [-0.15, -0.1) is 11.3 Å². The molecule has 1 amide bonds. The van der Waals surface area contributed by atoms with Crippen LogP contribution >= 0.6 is 11.3 Å². The maximum atomic E-state index is 13.5. The van der Waals surface area contributed by atoms with E-state index >= 15 is 0 Å². The van der Waals surface area contributed by atoms with Crippen LogP contribution in [0.15, 0.2) is 17.1 Å². The molecule has 5 heterocycles. The number of nitrogens with zero attached hydrogens (tertiary/aromatic N) is 4. The van der Waals surface area contributed by atoms with Crippen molar-refractivity contribution in [2.75, 3.05) is 6.54 Å². The van der Waals surface area contributed by atoms with Crippen LogP contribution in [0, 0.1) is 0 Å². The first-order chi connectivity index (χ1) is 16.4. The molecule has 2 atom stereocenters. The molecule has 0 N–H and O–H groups in total. The van der Waals surface area contributed by atoms with Crippen LogP contribution in [0.4, 0.5) is 0 Å². The summed E-state index contributed by atoms with van der Waals surface area (Å²) in [5.74, 6) is 0.617. The monoisotopic (exact) mass is 478 g/mol. The number of amides is 1. The summed E-state index contributed by atoms with van der Waals surface area (Å²) in [6.45, 7) is 8.10. The molecule has 180 valence electrons. The second-order valence-corrected chi connectivity index (χ2v) is 11.8. The molecule has 6 rings (SSSR count). The van der Waals surface area contributed by atoms with Crippen LogP contribution in [0.5, 0.6) is 0 Å². The Bertz CT molecular complexity index is 1330. The molecule has 3 aromatic heterocycles. The molecule has 2 aliphatic heterocycles. The van der Waals surface area contributed by atoms with E-state index in [1.165, 1.54) is 34.7 Å². The van der Waals surface area contributed by atoms with Crippen molar-refractivity contribution in [1.29, 1.82) is 0 Å². The first-order valence-corrected chi connectivity index (χ1v) is 13.8. The van der Waals surface area contributed by atoms with Crippen molar-refractivity contribution >= 4 is 27.3 Å². The van der Waals surface area contributed by atoms with Gasteiger partial charge in [0.15, 0.2) is 0 Å². The quantitative estimate of drug-likeness (QED) is 0.526. The number of fused-ring (bicyclic) bond motifs is 6. The highest BCUT2D eigenvalue weighted by atomic mass is 32.1. The summed E-state index contributed by atoms with van der Waals surface area (Å²) in [6, 6.07) is 2.42. The van der Waals surface area contributed by atoms with Gasteiger partial charge < -0.3 is 9.47 Å². The van der Waals surface area contributed by atoms with Crippen LogP contribution in [0.3, 0.4) is 0 Å². The van der Waals surface area contributed by atoms with Crippen LogP contribution in [-0.4, -0.2) is 37.7 Å². The van der Waals surface area contributed by atoms with E-state index in [0.29, 0.717) is 5.92 Å². The molecule has 0 aromatic carbocycles. The van der Waals surface area contributed by atoms with Crippen molar-refractivity contribution in [3.05, 3.63) is 50.0 Å². The number of aromatic nitrogens is 3. The summed E-state index contributed by atoms with van der Waals surface area (Å²) in [4.78, 5) is 30.0. The van der Waals surface area contributed by atoms with Gasteiger partial charge in [0.25, 0.3) is 11.5 Å². The number of thiophene rings is 1. The van der Waals surface area contributed by atoms with E-state index in [9.17, 15) is 9.59 Å². The van der Waals surface area contributed by atoms with Crippen molar-refractivity contribution in [2.45, 2.75) is 96.7 Å². The largest absolute Gasteiger partial charge is 0.348 e. The summed E-state index contributed by atoms with van der Waals surface area (Å²) in [6.07, 6.45) is 10.7. The minimum absolute atomic E-state index is 0.0371. The third-order valence-corrected chi connectivity index (χ3v) is 9.63. The summed E-state index contributed by atoms with van der Waals surface area (Å²) in [5.41, 5.74) is 4.93. The summed E-state index contributed by atoms with van der Waals surface area (Å²) < 4.78 is 4.87. The standard InChI is InChI=1S/C27H34N4O2S/c1-16(2)31-27(33)25-22(15-28-31)20-9-6-7-18(24(20)34-25)13-17(3)29-12-10-23-21(26(29)32)14-19-8-4-5-11-30(19)23/h14-18H,4-13H2,1-3H3. The summed E-state index contributed by atoms with van der Waals surface area (Å²) in [5, 5.41) is 5.51. The lowest BCUT2D eigenvalue weighted by atomic mass is 9.84. The van der Waals surface area contributed by atoms with Gasteiger partial charge >= 0.3 is 0 Å². The van der Waals surface area contributed by atoms with Crippen molar-refractivity contribution in [3.8, 4) is 0 Å². The number of hydrogen-bond acceptors (Lipinski definition) is 4. The van der Waals surface area contributed by atoms with Gasteiger partial charge in [-0.2, -0.15) is 5.10 Å². The molecule has 0 spiro atoms. The van der Waals surface area contributed by atoms with Crippen LogP contribution in [0.25, 0.3) is 10.1 Å². The third-order valence-electron chi connectivity index (χ3n) is 8.23. The van der Waals surface area contributed by atoms with Gasteiger partial charge in [0.05, 0.1) is 17.8 Å². The zero-order valence-electron chi connectivity index (χ0n) is 20.5. The van der Waals surface area contributed by atoms with Gasteiger partial charge in [-0.1, -0.05) is 0 Å². The van der Waals surface area contributed by atoms with E-state index in [0.717, 1.165) is 67.3 Å². The first-order valence-electron chi connectivity index (χ1n) is 13.0. The van der Waals surface area contributed by atoms with Crippen LogP contribution in [0.2, 0.25) is 0 Å². The van der Waals surface area contributed by atoms with Crippen molar-refractivity contribution in [3.63, 3.8) is 0 Å².